The van der Waals surface area contributed by atoms with E-state index in [9.17, 15) is 9.59 Å². The molecule has 0 aromatic heterocycles. The number of piperidine rings is 1. The SMILES string of the molecule is COc1ccc(CCN2C(=O)C(c3ccccc3)=C(N(C)C3CCN(C)CC3)C2=O)cc1. The second-order valence-corrected chi connectivity index (χ2v) is 8.60. The quantitative estimate of drug-likeness (QED) is 0.629. The molecule has 0 aliphatic carbocycles. The van der Waals surface area contributed by atoms with Crippen molar-refractivity contribution in [2.24, 2.45) is 0 Å². The van der Waals surface area contributed by atoms with Crippen LogP contribution in [0.1, 0.15) is 24.0 Å². The van der Waals surface area contributed by atoms with Gasteiger partial charge in [0.2, 0.25) is 0 Å². The number of hydrogen-bond donors (Lipinski definition) is 0. The molecule has 32 heavy (non-hydrogen) atoms. The van der Waals surface area contributed by atoms with Gasteiger partial charge in [0.15, 0.2) is 0 Å². The Balaban J connectivity index is 1.59. The van der Waals surface area contributed by atoms with E-state index < -0.39 is 0 Å². The van der Waals surface area contributed by atoms with Crippen molar-refractivity contribution < 1.29 is 14.3 Å². The third-order valence-corrected chi connectivity index (χ3v) is 6.58. The van der Waals surface area contributed by atoms with Gasteiger partial charge in [0.1, 0.15) is 11.4 Å². The molecule has 4 rings (SSSR count). The normalized spacial score (nSPS) is 17.9. The third kappa shape index (κ3) is 4.41. The summed E-state index contributed by atoms with van der Waals surface area (Å²) in [5.74, 6) is 0.394. The predicted molar refractivity (Wildman–Crippen MR) is 125 cm³/mol. The lowest BCUT2D eigenvalue weighted by Gasteiger charge is -2.36. The van der Waals surface area contributed by atoms with Gasteiger partial charge in [0, 0.05) is 19.6 Å². The van der Waals surface area contributed by atoms with Crippen LogP contribution in [0.4, 0.5) is 0 Å². The number of amides is 2. The number of nitrogens with zero attached hydrogens (tertiary/aromatic N) is 3. The van der Waals surface area contributed by atoms with Gasteiger partial charge in [0.25, 0.3) is 11.8 Å². The summed E-state index contributed by atoms with van der Waals surface area (Å²) >= 11 is 0. The standard InChI is InChI=1S/C26H31N3O3/c1-27-16-14-21(15-17-27)28(2)24-23(20-7-5-4-6-8-20)25(30)29(26(24)31)18-13-19-9-11-22(32-3)12-10-19/h4-12,21H,13-18H2,1-3H3. The van der Waals surface area contributed by atoms with Crippen LogP contribution in [0.15, 0.2) is 60.3 Å². The highest BCUT2D eigenvalue weighted by Gasteiger charge is 2.42. The smallest absolute Gasteiger partial charge is 0.277 e. The number of carbonyl (C=O) groups excluding carboxylic acids is 2. The Labute approximate surface area is 190 Å². The van der Waals surface area contributed by atoms with Gasteiger partial charge in [-0.1, -0.05) is 42.5 Å². The Hall–Kier alpha value is -3.12. The van der Waals surface area contributed by atoms with Gasteiger partial charge in [-0.25, -0.2) is 0 Å². The van der Waals surface area contributed by atoms with E-state index in [0.29, 0.717) is 24.2 Å². The van der Waals surface area contributed by atoms with Crippen LogP contribution < -0.4 is 4.74 Å². The number of carbonyl (C=O) groups is 2. The fourth-order valence-electron chi connectivity index (χ4n) is 4.56. The Morgan fingerprint density at radius 2 is 1.62 bits per heavy atom. The van der Waals surface area contributed by atoms with E-state index in [2.05, 4.69) is 16.8 Å². The summed E-state index contributed by atoms with van der Waals surface area (Å²) in [6, 6.07) is 17.6. The summed E-state index contributed by atoms with van der Waals surface area (Å²) < 4.78 is 5.22. The van der Waals surface area contributed by atoms with E-state index >= 15 is 0 Å². The molecule has 1 fully saturated rings. The Morgan fingerprint density at radius 1 is 0.969 bits per heavy atom. The van der Waals surface area contributed by atoms with Gasteiger partial charge in [-0.05, 0) is 62.7 Å². The van der Waals surface area contributed by atoms with Gasteiger partial charge in [-0.2, -0.15) is 0 Å². The van der Waals surface area contributed by atoms with E-state index in [1.165, 1.54) is 4.90 Å². The van der Waals surface area contributed by atoms with Crippen LogP contribution in [0.3, 0.4) is 0 Å². The van der Waals surface area contributed by atoms with Crippen LogP contribution in [0.2, 0.25) is 0 Å². The van der Waals surface area contributed by atoms with E-state index in [1.807, 2.05) is 61.6 Å². The average molecular weight is 434 g/mol. The molecule has 2 amide bonds. The van der Waals surface area contributed by atoms with Crippen molar-refractivity contribution in [3.05, 3.63) is 71.4 Å². The zero-order chi connectivity index (χ0) is 22.7. The first-order chi connectivity index (χ1) is 15.5. The number of methoxy groups -OCH3 is 1. The molecule has 2 aliphatic heterocycles. The van der Waals surface area contributed by atoms with Crippen LogP contribution in [-0.4, -0.2) is 73.4 Å². The summed E-state index contributed by atoms with van der Waals surface area (Å²) in [5.41, 5.74) is 2.91. The zero-order valence-corrected chi connectivity index (χ0v) is 19.1. The number of ether oxygens (including phenoxy) is 1. The zero-order valence-electron chi connectivity index (χ0n) is 19.1. The van der Waals surface area contributed by atoms with Crippen molar-refractivity contribution in [3.8, 4) is 5.75 Å². The topological polar surface area (TPSA) is 53.1 Å². The summed E-state index contributed by atoms with van der Waals surface area (Å²) in [6.07, 6.45) is 2.56. The molecule has 2 aliphatic rings. The first-order valence-corrected chi connectivity index (χ1v) is 11.2. The predicted octanol–water partition coefficient (Wildman–Crippen LogP) is 3.04. The Morgan fingerprint density at radius 3 is 2.25 bits per heavy atom. The lowest BCUT2D eigenvalue weighted by molar-refractivity contribution is -0.137. The van der Waals surface area contributed by atoms with Crippen LogP contribution in [0.5, 0.6) is 5.75 Å². The van der Waals surface area contributed by atoms with E-state index in [-0.39, 0.29) is 17.9 Å². The Kier molecular flexibility index (Phi) is 6.61. The van der Waals surface area contributed by atoms with Gasteiger partial charge >= 0.3 is 0 Å². The molecular formula is C26H31N3O3. The monoisotopic (exact) mass is 433 g/mol. The van der Waals surface area contributed by atoms with E-state index in [0.717, 1.165) is 42.8 Å². The molecule has 0 bridgehead atoms. The Bertz CT molecular complexity index is 993. The highest BCUT2D eigenvalue weighted by Crippen LogP contribution is 2.33. The molecule has 0 spiro atoms. The van der Waals surface area contributed by atoms with Crippen LogP contribution in [0.25, 0.3) is 5.57 Å². The van der Waals surface area contributed by atoms with Crippen LogP contribution >= 0.6 is 0 Å². The van der Waals surface area contributed by atoms with Crippen LogP contribution in [-0.2, 0) is 16.0 Å². The summed E-state index contributed by atoms with van der Waals surface area (Å²) in [6.45, 7) is 2.34. The molecule has 168 valence electrons. The third-order valence-electron chi connectivity index (χ3n) is 6.58. The number of likely N-dealkylation sites (tertiary alicyclic amines) is 1. The fourth-order valence-corrected chi connectivity index (χ4v) is 4.56. The fraction of sp³-hybridized carbons (Fsp3) is 0.385. The minimum Gasteiger partial charge on any atom is -0.497 e. The molecule has 0 atom stereocenters. The lowest BCUT2D eigenvalue weighted by atomic mass is 10.0. The molecule has 0 radical (unpaired) electrons. The summed E-state index contributed by atoms with van der Waals surface area (Å²) in [7, 11) is 5.72. The van der Waals surface area contributed by atoms with E-state index in [1.54, 1.807) is 7.11 Å². The van der Waals surface area contributed by atoms with Crippen molar-refractivity contribution in [2.75, 3.05) is 40.8 Å². The number of benzene rings is 2. The highest BCUT2D eigenvalue weighted by molar-refractivity contribution is 6.35. The van der Waals surface area contributed by atoms with Crippen molar-refractivity contribution in [3.63, 3.8) is 0 Å². The molecular weight excluding hydrogens is 402 g/mol. The number of imide groups is 1. The van der Waals surface area contributed by atoms with Crippen molar-refractivity contribution >= 4 is 17.4 Å². The van der Waals surface area contributed by atoms with Gasteiger partial charge in [0.05, 0.1) is 12.7 Å². The number of hydrogen-bond acceptors (Lipinski definition) is 5. The van der Waals surface area contributed by atoms with Gasteiger partial charge in [-0.3, -0.25) is 14.5 Å². The van der Waals surface area contributed by atoms with Crippen molar-refractivity contribution in [1.82, 2.24) is 14.7 Å². The molecule has 2 aromatic carbocycles. The van der Waals surface area contributed by atoms with Crippen molar-refractivity contribution in [1.29, 1.82) is 0 Å². The van der Waals surface area contributed by atoms with E-state index in [4.69, 9.17) is 4.74 Å². The maximum absolute atomic E-state index is 13.5. The number of rotatable bonds is 7. The first kappa shape index (κ1) is 22.1. The molecule has 6 heteroatoms. The molecule has 6 nitrogen and oxygen atoms in total. The molecule has 0 unspecified atom stereocenters. The molecule has 2 aromatic rings. The molecule has 1 saturated heterocycles. The first-order valence-electron chi connectivity index (χ1n) is 11.2. The summed E-state index contributed by atoms with van der Waals surface area (Å²) in [4.78, 5) is 32.8. The maximum Gasteiger partial charge on any atom is 0.277 e. The number of likely N-dealkylation sites (N-methyl/N-ethyl adjacent to an activating group) is 1. The highest BCUT2D eigenvalue weighted by atomic mass is 16.5. The van der Waals surface area contributed by atoms with Crippen LogP contribution in [0, 0.1) is 0 Å². The maximum atomic E-state index is 13.5. The molecule has 0 saturated carbocycles. The van der Waals surface area contributed by atoms with Gasteiger partial charge in [-0.15, -0.1) is 0 Å². The summed E-state index contributed by atoms with van der Waals surface area (Å²) in [5, 5.41) is 0. The largest absolute Gasteiger partial charge is 0.497 e. The molecule has 2 heterocycles. The second-order valence-electron chi connectivity index (χ2n) is 8.60. The van der Waals surface area contributed by atoms with Gasteiger partial charge < -0.3 is 14.5 Å². The minimum atomic E-state index is -0.204. The van der Waals surface area contributed by atoms with Crippen molar-refractivity contribution in [2.45, 2.75) is 25.3 Å². The lowest BCUT2D eigenvalue weighted by Crippen LogP contribution is -2.43. The minimum absolute atomic E-state index is 0.191. The molecule has 0 N–H and O–H groups in total. The average Bonchev–Trinajstić information content (AvgIpc) is 3.08. The second kappa shape index (κ2) is 9.57.